The Labute approximate surface area is 130 Å². The molecular formula is C17H20ClNO2. The van der Waals surface area contributed by atoms with E-state index in [-0.39, 0.29) is 6.61 Å². The highest BCUT2D eigenvalue weighted by molar-refractivity contribution is 6.30. The van der Waals surface area contributed by atoms with E-state index in [1.54, 1.807) is 0 Å². The minimum atomic E-state index is -0.589. The molecule has 2 aromatic carbocycles. The zero-order valence-electron chi connectivity index (χ0n) is 12.1. The first-order valence-corrected chi connectivity index (χ1v) is 7.44. The second kappa shape index (κ2) is 7.91. The summed E-state index contributed by atoms with van der Waals surface area (Å²) in [6, 6.07) is 15.3. The molecule has 2 N–H and O–H groups in total. The summed E-state index contributed by atoms with van der Waals surface area (Å²) in [5.41, 5.74) is 2.11. The number of aliphatic hydroxyl groups is 1. The summed E-state index contributed by atoms with van der Waals surface area (Å²) in [5, 5.41) is 13.7. The van der Waals surface area contributed by atoms with Crippen molar-refractivity contribution in [1.29, 1.82) is 0 Å². The van der Waals surface area contributed by atoms with Crippen molar-refractivity contribution >= 4 is 17.3 Å². The van der Waals surface area contributed by atoms with Gasteiger partial charge < -0.3 is 15.2 Å². The zero-order valence-corrected chi connectivity index (χ0v) is 12.8. The quantitative estimate of drug-likeness (QED) is 0.818. The summed E-state index contributed by atoms with van der Waals surface area (Å²) in [6.07, 6.45) is 0.380. The predicted molar refractivity (Wildman–Crippen MR) is 87.3 cm³/mol. The van der Waals surface area contributed by atoms with Crippen molar-refractivity contribution in [2.75, 3.05) is 18.5 Å². The molecule has 4 heteroatoms. The van der Waals surface area contributed by atoms with Crippen molar-refractivity contribution in [3.05, 3.63) is 59.1 Å². The lowest BCUT2D eigenvalue weighted by atomic mass is 10.2. The van der Waals surface area contributed by atoms with Crippen LogP contribution in [0.3, 0.4) is 0 Å². The van der Waals surface area contributed by atoms with E-state index in [0.717, 1.165) is 17.9 Å². The molecule has 2 rings (SSSR count). The van der Waals surface area contributed by atoms with Crippen LogP contribution in [0.5, 0.6) is 5.75 Å². The van der Waals surface area contributed by atoms with Gasteiger partial charge >= 0.3 is 0 Å². The summed E-state index contributed by atoms with van der Waals surface area (Å²) in [5.74, 6) is 0.788. The van der Waals surface area contributed by atoms with E-state index < -0.39 is 6.10 Å². The largest absolute Gasteiger partial charge is 0.491 e. The highest BCUT2D eigenvalue weighted by Gasteiger charge is 2.06. The first-order chi connectivity index (χ1) is 10.2. The minimum Gasteiger partial charge on any atom is -0.491 e. The Bertz CT molecular complexity index is 574. The summed E-state index contributed by atoms with van der Waals surface area (Å²) in [4.78, 5) is 0. The van der Waals surface area contributed by atoms with Gasteiger partial charge in [-0.3, -0.25) is 0 Å². The maximum Gasteiger partial charge on any atom is 0.119 e. The third kappa shape index (κ3) is 5.29. The van der Waals surface area contributed by atoms with Crippen molar-refractivity contribution in [3.63, 3.8) is 0 Å². The molecule has 0 saturated heterocycles. The topological polar surface area (TPSA) is 41.5 Å². The van der Waals surface area contributed by atoms with Crippen LogP contribution in [0, 0.1) is 0 Å². The Morgan fingerprint density at radius 3 is 2.76 bits per heavy atom. The van der Waals surface area contributed by atoms with Crippen LogP contribution >= 0.6 is 11.6 Å². The molecule has 0 amide bonds. The Kier molecular flexibility index (Phi) is 5.90. The fourth-order valence-electron chi connectivity index (χ4n) is 1.94. The monoisotopic (exact) mass is 305 g/mol. The summed E-state index contributed by atoms with van der Waals surface area (Å²) in [7, 11) is 0. The van der Waals surface area contributed by atoms with Crippen LogP contribution in [0.25, 0.3) is 0 Å². The van der Waals surface area contributed by atoms with Gasteiger partial charge in [0.25, 0.3) is 0 Å². The first-order valence-electron chi connectivity index (χ1n) is 7.06. The maximum atomic E-state index is 9.95. The number of ether oxygens (including phenoxy) is 1. The number of benzene rings is 2. The number of hydrogen-bond donors (Lipinski definition) is 2. The Hall–Kier alpha value is -1.71. The molecule has 0 aliphatic carbocycles. The summed E-state index contributed by atoms with van der Waals surface area (Å²) in [6.45, 7) is 2.76. The minimum absolute atomic E-state index is 0.251. The van der Waals surface area contributed by atoms with Gasteiger partial charge in [0, 0.05) is 17.3 Å². The lowest BCUT2D eigenvalue weighted by Gasteiger charge is -2.14. The molecule has 112 valence electrons. The van der Waals surface area contributed by atoms with Crippen molar-refractivity contribution in [2.24, 2.45) is 0 Å². The second-order valence-corrected chi connectivity index (χ2v) is 5.29. The van der Waals surface area contributed by atoms with Crippen LogP contribution in [0.15, 0.2) is 48.5 Å². The van der Waals surface area contributed by atoms with Gasteiger partial charge in [-0.25, -0.2) is 0 Å². The van der Waals surface area contributed by atoms with Gasteiger partial charge in [0.1, 0.15) is 18.5 Å². The molecule has 0 bridgehead atoms. The fourth-order valence-corrected chi connectivity index (χ4v) is 2.13. The lowest BCUT2D eigenvalue weighted by molar-refractivity contribution is 0.117. The van der Waals surface area contributed by atoms with E-state index in [9.17, 15) is 5.11 Å². The molecule has 21 heavy (non-hydrogen) atoms. The lowest BCUT2D eigenvalue weighted by Crippen LogP contribution is -2.26. The van der Waals surface area contributed by atoms with Crippen LogP contribution in [0.1, 0.15) is 12.5 Å². The molecule has 0 heterocycles. The normalized spacial score (nSPS) is 12.0. The van der Waals surface area contributed by atoms with Crippen LogP contribution in [-0.4, -0.2) is 24.4 Å². The molecular weight excluding hydrogens is 286 g/mol. The first kappa shape index (κ1) is 15.7. The van der Waals surface area contributed by atoms with Gasteiger partial charge in [-0.15, -0.1) is 0 Å². The SMILES string of the molecule is CCc1cccc(OCC(O)CNc2cccc(Cl)c2)c1. The Morgan fingerprint density at radius 2 is 2.00 bits per heavy atom. The highest BCUT2D eigenvalue weighted by Crippen LogP contribution is 2.16. The Balaban J connectivity index is 1.78. The van der Waals surface area contributed by atoms with E-state index in [4.69, 9.17) is 16.3 Å². The summed E-state index contributed by atoms with van der Waals surface area (Å²) < 4.78 is 5.61. The van der Waals surface area contributed by atoms with E-state index >= 15 is 0 Å². The smallest absolute Gasteiger partial charge is 0.119 e. The fraction of sp³-hybridized carbons (Fsp3) is 0.294. The molecule has 2 aromatic rings. The van der Waals surface area contributed by atoms with Gasteiger partial charge in [0.05, 0.1) is 0 Å². The average Bonchev–Trinajstić information content (AvgIpc) is 2.51. The summed E-state index contributed by atoms with van der Waals surface area (Å²) >= 11 is 5.90. The Morgan fingerprint density at radius 1 is 1.19 bits per heavy atom. The van der Waals surface area contributed by atoms with Crippen LogP contribution in [-0.2, 0) is 6.42 Å². The van der Waals surface area contributed by atoms with Gasteiger partial charge in [-0.1, -0.05) is 36.7 Å². The number of rotatable bonds is 7. The molecule has 0 radical (unpaired) electrons. The third-order valence-electron chi connectivity index (χ3n) is 3.12. The van der Waals surface area contributed by atoms with Gasteiger partial charge in [0.15, 0.2) is 0 Å². The number of hydrogen-bond acceptors (Lipinski definition) is 3. The number of nitrogens with one attached hydrogen (secondary N) is 1. The number of aliphatic hydroxyl groups excluding tert-OH is 1. The molecule has 3 nitrogen and oxygen atoms in total. The van der Waals surface area contributed by atoms with Crippen molar-refractivity contribution in [3.8, 4) is 5.75 Å². The van der Waals surface area contributed by atoms with Crippen LogP contribution in [0.2, 0.25) is 5.02 Å². The molecule has 0 fully saturated rings. The van der Waals surface area contributed by atoms with E-state index in [2.05, 4.69) is 18.3 Å². The standard InChI is InChI=1S/C17H20ClNO2/c1-2-13-5-3-8-17(9-13)21-12-16(20)11-19-15-7-4-6-14(18)10-15/h3-10,16,19-20H,2,11-12H2,1H3. The van der Waals surface area contributed by atoms with Crippen molar-refractivity contribution < 1.29 is 9.84 Å². The van der Waals surface area contributed by atoms with Crippen molar-refractivity contribution in [1.82, 2.24) is 0 Å². The van der Waals surface area contributed by atoms with Gasteiger partial charge in [0.2, 0.25) is 0 Å². The third-order valence-corrected chi connectivity index (χ3v) is 3.35. The number of anilines is 1. The number of aryl methyl sites for hydroxylation is 1. The molecule has 0 saturated carbocycles. The highest BCUT2D eigenvalue weighted by atomic mass is 35.5. The molecule has 0 aliphatic heterocycles. The zero-order chi connectivity index (χ0) is 15.1. The van der Waals surface area contributed by atoms with E-state index in [0.29, 0.717) is 11.6 Å². The predicted octanol–water partition coefficient (Wildman–Crippen LogP) is 3.75. The van der Waals surface area contributed by atoms with Crippen LogP contribution in [0.4, 0.5) is 5.69 Å². The molecule has 0 spiro atoms. The maximum absolute atomic E-state index is 9.95. The van der Waals surface area contributed by atoms with Crippen molar-refractivity contribution in [2.45, 2.75) is 19.4 Å². The number of halogens is 1. The van der Waals surface area contributed by atoms with Gasteiger partial charge in [-0.2, -0.15) is 0 Å². The average molecular weight is 306 g/mol. The second-order valence-electron chi connectivity index (χ2n) is 4.86. The molecule has 0 aromatic heterocycles. The van der Waals surface area contributed by atoms with E-state index in [1.807, 2.05) is 42.5 Å². The van der Waals surface area contributed by atoms with Crippen LogP contribution < -0.4 is 10.1 Å². The molecule has 1 atom stereocenters. The van der Waals surface area contributed by atoms with Gasteiger partial charge in [-0.05, 0) is 42.3 Å². The molecule has 0 aliphatic rings. The molecule has 1 unspecified atom stereocenters. The van der Waals surface area contributed by atoms with E-state index in [1.165, 1.54) is 5.56 Å².